The zero-order valence-electron chi connectivity index (χ0n) is 11.9. The number of para-hydroxylation sites is 1. The van der Waals surface area contributed by atoms with Gasteiger partial charge >= 0.3 is 0 Å². The smallest absolute Gasteiger partial charge is 0.190 e. The fraction of sp³-hybridized carbons (Fsp3) is 0.125. The molecule has 2 N–H and O–H groups in total. The van der Waals surface area contributed by atoms with Crippen LogP contribution in [0.5, 0.6) is 0 Å². The topological polar surface area (TPSA) is 37.0 Å². The van der Waals surface area contributed by atoms with Crippen molar-refractivity contribution in [3.05, 3.63) is 53.8 Å². The lowest BCUT2D eigenvalue weighted by Gasteiger charge is -2.11. The number of halogens is 1. The Morgan fingerprint density at radius 1 is 1.23 bits per heavy atom. The summed E-state index contributed by atoms with van der Waals surface area (Å²) in [6.45, 7) is 2.10. The zero-order valence-corrected chi connectivity index (χ0v) is 13.5. The van der Waals surface area contributed by atoms with E-state index in [1.54, 1.807) is 6.07 Å². The largest absolute Gasteiger partial charge is 0.332 e. The van der Waals surface area contributed by atoms with Crippen LogP contribution in [0.1, 0.15) is 12.5 Å². The second-order valence-corrected chi connectivity index (χ2v) is 6.16. The van der Waals surface area contributed by atoms with Gasteiger partial charge in [-0.1, -0.05) is 36.5 Å². The van der Waals surface area contributed by atoms with Gasteiger partial charge in [0.2, 0.25) is 0 Å². The van der Waals surface area contributed by atoms with E-state index in [4.69, 9.17) is 12.2 Å². The van der Waals surface area contributed by atoms with Crippen molar-refractivity contribution >= 4 is 49.7 Å². The molecule has 0 aliphatic carbocycles. The first kappa shape index (κ1) is 14.9. The van der Waals surface area contributed by atoms with Gasteiger partial charge in [0.25, 0.3) is 0 Å². The number of nitrogens with one attached hydrogen (secondary N) is 2. The van der Waals surface area contributed by atoms with Crippen LogP contribution in [0.2, 0.25) is 0 Å². The van der Waals surface area contributed by atoms with Crippen molar-refractivity contribution in [2.75, 3.05) is 10.6 Å². The zero-order chi connectivity index (χ0) is 15.5. The number of benzene rings is 2. The normalized spacial score (nSPS) is 10.6. The molecule has 0 fully saturated rings. The number of anilines is 2. The predicted octanol–water partition coefficient (Wildman–Crippen LogP) is 4.81. The Balaban J connectivity index is 1.75. The molecule has 0 aliphatic rings. The van der Waals surface area contributed by atoms with E-state index in [2.05, 4.69) is 28.6 Å². The van der Waals surface area contributed by atoms with Crippen molar-refractivity contribution in [1.29, 1.82) is 0 Å². The van der Waals surface area contributed by atoms with Gasteiger partial charge in [-0.05, 0) is 48.5 Å². The van der Waals surface area contributed by atoms with E-state index in [9.17, 15) is 4.39 Å². The van der Waals surface area contributed by atoms with Crippen LogP contribution in [0, 0.1) is 5.82 Å². The van der Waals surface area contributed by atoms with Crippen LogP contribution >= 0.6 is 23.6 Å². The summed E-state index contributed by atoms with van der Waals surface area (Å²) in [4.78, 5) is 4.39. The van der Waals surface area contributed by atoms with Gasteiger partial charge in [-0.25, -0.2) is 9.37 Å². The quantitative estimate of drug-likeness (QED) is 0.676. The molecule has 112 valence electrons. The summed E-state index contributed by atoms with van der Waals surface area (Å²) in [5.74, 6) is -0.264. The number of aromatic nitrogens is 1. The molecule has 0 bridgehead atoms. The average molecular weight is 331 g/mol. The van der Waals surface area contributed by atoms with E-state index >= 15 is 0 Å². The molecular formula is C16H14FN3S2. The second-order valence-electron chi connectivity index (χ2n) is 4.72. The molecule has 1 heterocycles. The van der Waals surface area contributed by atoms with Gasteiger partial charge in [0.05, 0.1) is 10.2 Å². The SMILES string of the molecule is CCc1ccccc1NC(=S)Nc1nc2ccc(F)cc2s1. The van der Waals surface area contributed by atoms with Crippen molar-refractivity contribution in [2.45, 2.75) is 13.3 Å². The molecule has 1 aromatic heterocycles. The number of fused-ring (bicyclic) bond motifs is 1. The first-order chi connectivity index (χ1) is 10.7. The van der Waals surface area contributed by atoms with E-state index in [-0.39, 0.29) is 5.82 Å². The van der Waals surface area contributed by atoms with Gasteiger partial charge in [0, 0.05) is 5.69 Å². The fourth-order valence-corrected chi connectivity index (χ4v) is 3.32. The van der Waals surface area contributed by atoms with Gasteiger partial charge in [-0.15, -0.1) is 0 Å². The standard InChI is InChI=1S/C16H14FN3S2/c1-2-10-5-3-4-6-12(10)18-15(21)20-16-19-13-8-7-11(17)9-14(13)22-16/h3-9H,2H2,1H3,(H2,18,19,20,21). The molecule has 0 amide bonds. The fourth-order valence-electron chi connectivity index (χ4n) is 2.15. The molecule has 0 saturated carbocycles. The molecule has 0 atom stereocenters. The number of rotatable bonds is 3. The van der Waals surface area contributed by atoms with E-state index in [1.165, 1.54) is 29.0 Å². The van der Waals surface area contributed by atoms with E-state index < -0.39 is 0 Å². The third-order valence-corrected chi connectivity index (χ3v) is 4.36. The van der Waals surface area contributed by atoms with Crippen molar-refractivity contribution in [3.63, 3.8) is 0 Å². The Hall–Kier alpha value is -2.05. The first-order valence-corrected chi connectivity index (χ1v) is 8.10. The summed E-state index contributed by atoms with van der Waals surface area (Å²) >= 11 is 6.70. The highest BCUT2D eigenvalue weighted by Crippen LogP contribution is 2.26. The average Bonchev–Trinajstić information content (AvgIpc) is 2.88. The van der Waals surface area contributed by atoms with Crippen molar-refractivity contribution in [3.8, 4) is 0 Å². The number of thiazole rings is 1. The molecular weight excluding hydrogens is 317 g/mol. The molecule has 0 aliphatic heterocycles. The molecule has 22 heavy (non-hydrogen) atoms. The highest BCUT2D eigenvalue weighted by Gasteiger charge is 2.07. The Morgan fingerprint density at radius 2 is 2.05 bits per heavy atom. The Bertz CT molecular complexity index is 829. The van der Waals surface area contributed by atoms with Gasteiger partial charge in [0.1, 0.15) is 5.82 Å². The summed E-state index contributed by atoms with van der Waals surface area (Å²) in [5, 5.41) is 7.35. The Labute approximate surface area is 137 Å². The van der Waals surface area contributed by atoms with Gasteiger partial charge in [-0.3, -0.25) is 0 Å². The van der Waals surface area contributed by atoms with Crippen molar-refractivity contribution < 1.29 is 4.39 Å². The van der Waals surface area contributed by atoms with E-state index in [1.807, 2.05) is 18.2 Å². The number of nitrogens with zero attached hydrogens (tertiary/aromatic N) is 1. The number of hydrogen-bond donors (Lipinski definition) is 2. The molecule has 0 radical (unpaired) electrons. The van der Waals surface area contributed by atoms with Crippen LogP contribution in [0.3, 0.4) is 0 Å². The number of aryl methyl sites for hydroxylation is 1. The van der Waals surface area contributed by atoms with Crippen LogP contribution in [-0.4, -0.2) is 10.1 Å². The summed E-state index contributed by atoms with van der Waals surface area (Å²) in [5.41, 5.74) is 2.93. The lowest BCUT2D eigenvalue weighted by molar-refractivity contribution is 0.630. The monoisotopic (exact) mass is 331 g/mol. The van der Waals surface area contributed by atoms with Crippen molar-refractivity contribution in [1.82, 2.24) is 4.98 Å². The van der Waals surface area contributed by atoms with Crippen LogP contribution in [-0.2, 0) is 6.42 Å². The Morgan fingerprint density at radius 3 is 2.86 bits per heavy atom. The maximum absolute atomic E-state index is 13.2. The van der Waals surface area contributed by atoms with E-state index in [0.29, 0.717) is 10.2 Å². The highest BCUT2D eigenvalue weighted by atomic mass is 32.1. The third-order valence-electron chi connectivity index (χ3n) is 3.22. The first-order valence-electron chi connectivity index (χ1n) is 6.87. The minimum absolute atomic E-state index is 0.264. The molecule has 0 unspecified atom stereocenters. The molecule has 2 aromatic carbocycles. The lowest BCUT2D eigenvalue weighted by atomic mass is 10.1. The Kier molecular flexibility index (Phi) is 4.31. The van der Waals surface area contributed by atoms with Gasteiger partial charge in [-0.2, -0.15) is 0 Å². The van der Waals surface area contributed by atoms with Gasteiger partial charge in [0.15, 0.2) is 10.2 Å². The van der Waals surface area contributed by atoms with E-state index in [0.717, 1.165) is 22.3 Å². The predicted molar refractivity (Wildman–Crippen MR) is 95.2 cm³/mol. The molecule has 3 rings (SSSR count). The minimum Gasteiger partial charge on any atom is -0.332 e. The van der Waals surface area contributed by atoms with Crippen LogP contribution < -0.4 is 10.6 Å². The number of thiocarbonyl (C=S) groups is 1. The summed E-state index contributed by atoms with van der Waals surface area (Å²) in [7, 11) is 0. The van der Waals surface area contributed by atoms with Crippen LogP contribution in [0.25, 0.3) is 10.2 Å². The number of hydrogen-bond acceptors (Lipinski definition) is 3. The van der Waals surface area contributed by atoms with Gasteiger partial charge < -0.3 is 10.6 Å². The van der Waals surface area contributed by atoms with Crippen LogP contribution in [0.15, 0.2) is 42.5 Å². The second kappa shape index (κ2) is 6.37. The molecule has 0 saturated heterocycles. The van der Waals surface area contributed by atoms with Crippen LogP contribution in [0.4, 0.5) is 15.2 Å². The molecule has 3 aromatic rings. The lowest BCUT2D eigenvalue weighted by Crippen LogP contribution is -2.19. The summed E-state index contributed by atoms with van der Waals surface area (Å²) in [6.07, 6.45) is 0.923. The summed E-state index contributed by atoms with van der Waals surface area (Å²) in [6, 6.07) is 12.6. The molecule has 6 heteroatoms. The molecule has 0 spiro atoms. The maximum atomic E-state index is 13.2. The van der Waals surface area contributed by atoms with Crippen molar-refractivity contribution in [2.24, 2.45) is 0 Å². The third kappa shape index (κ3) is 3.23. The maximum Gasteiger partial charge on any atom is 0.190 e. The highest BCUT2D eigenvalue weighted by molar-refractivity contribution is 7.80. The summed E-state index contributed by atoms with van der Waals surface area (Å²) < 4.78 is 14.0. The molecule has 3 nitrogen and oxygen atoms in total. The minimum atomic E-state index is -0.264.